The Bertz CT molecular complexity index is 338. The summed E-state index contributed by atoms with van der Waals surface area (Å²) in [4.78, 5) is 15.6. The van der Waals surface area contributed by atoms with Crippen LogP contribution in [0.3, 0.4) is 0 Å². The molecule has 1 aromatic heterocycles. The van der Waals surface area contributed by atoms with Gasteiger partial charge < -0.3 is 15.2 Å². The first-order valence-corrected chi connectivity index (χ1v) is 6.36. The van der Waals surface area contributed by atoms with Crippen LogP contribution in [-0.2, 0) is 11.2 Å². The molecule has 0 aliphatic heterocycles. The number of aromatic nitrogens is 2. The summed E-state index contributed by atoms with van der Waals surface area (Å²) in [6.07, 6.45) is 2.96. The Morgan fingerprint density at radius 3 is 2.78 bits per heavy atom. The predicted molar refractivity (Wildman–Crippen MR) is 67.9 cm³/mol. The van der Waals surface area contributed by atoms with E-state index in [1.807, 2.05) is 6.92 Å². The van der Waals surface area contributed by atoms with Crippen LogP contribution in [0.4, 0.5) is 0 Å². The monoisotopic (exact) mass is 254 g/mol. The molecule has 1 atom stereocenters. The van der Waals surface area contributed by atoms with Crippen molar-refractivity contribution in [3.63, 3.8) is 0 Å². The molecule has 1 heterocycles. The SMILES string of the molecule is CC(C)CCNC(=O)C(C)NCCc1ncon1. The summed E-state index contributed by atoms with van der Waals surface area (Å²) in [5, 5.41) is 9.73. The van der Waals surface area contributed by atoms with Crippen molar-refractivity contribution >= 4 is 5.91 Å². The molecule has 0 spiro atoms. The Balaban J connectivity index is 2.11. The summed E-state index contributed by atoms with van der Waals surface area (Å²) in [6, 6.07) is -0.205. The van der Waals surface area contributed by atoms with Gasteiger partial charge in [0, 0.05) is 19.5 Å². The number of carbonyl (C=O) groups is 1. The third kappa shape index (κ3) is 5.77. The first-order chi connectivity index (χ1) is 8.59. The lowest BCUT2D eigenvalue weighted by atomic mass is 10.1. The highest BCUT2D eigenvalue weighted by Gasteiger charge is 2.11. The van der Waals surface area contributed by atoms with Gasteiger partial charge in [-0.05, 0) is 19.3 Å². The Hall–Kier alpha value is -1.43. The summed E-state index contributed by atoms with van der Waals surface area (Å²) < 4.78 is 4.63. The van der Waals surface area contributed by atoms with Crippen molar-refractivity contribution in [3.05, 3.63) is 12.2 Å². The number of hydrogen-bond donors (Lipinski definition) is 2. The zero-order valence-electron chi connectivity index (χ0n) is 11.3. The molecule has 0 saturated heterocycles. The van der Waals surface area contributed by atoms with Crippen LogP contribution < -0.4 is 10.6 Å². The van der Waals surface area contributed by atoms with Gasteiger partial charge in [-0.15, -0.1) is 0 Å². The lowest BCUT2D eigenvalue weighted by Crippen LogP contribution is -2.43. The van der Waals surface area contributed by atoms with Gasteiger partial charge in [-0.2, -0.15) is 4.98 Å². The average Bonchev–Trinajstić information content (AvgIpc) is 2.81. The number of rotatable bonds is 8. The maximum absolute atomic E-state index is 11.7. The Kier molecular flexibility index (Phi) is 6.35. The predicted octanol–water partition coefficient (Wildman–Crippen LogP) is 0.752. The minimum atomic E-state index is -0.205. The van der Waals surface area contributed by atoms with Gasteiger partial charge in [0.2, 0.25) is 12.3 Å². The van der Waals surface area contributed by atoms with Crippen LogP contribution in [-0.4, -0.2) is 35.2 Å². The topological polar surface area (TPSA) is 80.0 Å². The first-order valence-electron chi connectivity index (χ1n) is 6.36. The molecule has 0 fully saturated rings. The molecule has 0 bridgehead atoms. The van der Waals surface area contributed by atoms with Crippen LogP contribution in [0, 0.1) is 5.92 Å². The molecular weight excluding hydrogens is 232 g/mol. The van der Waals surface area contributed by atoms with Crippen LogP contribution in [0.15, 0.2) is 10.9 Å². The number of amides is 1. The molecule has 1 unspecified atom stereocenters. The highest BCUT2D eigenvalue weighted by atomic mass is 16.5. The van der Waals surface area contributed by atoms with Gasteiger partial charge in [0.25, 0.3) is 0 Å². The summed E-state index contributed by atoms with van der Waals surface area (Å²) in [5.41, 5.74) is 0. The van der Waals surface area contributed by atoms with Crippen molar-refractivity contribution in [2.24, 2.45) is 5.92 Å². The maximum Gasteiger partial charge on any atom is 0.236 e. The smallest absolute Gasteiger partial charge is 0.236 e. The van der Waals surface area contributed by atoms with Gasteiger partial charge in [-0.25, -0.2) is 0 Å². The molecule has 0 saturated carbocycles. The maximum atomic E-state index is 11.7. The quantitative estimate of drug-likeness (QED) is 0.715. The van der Waals surface area contributed by atoms with Crippen molar-refractivity contribution in [1.82, 2.24) is 20.8 Å². The Labute approximate surface area is 108 Å². The molecular formula is C12H22N4O2. The standard InChI is InChI=1S/C12H22N4O2/c1-9(2)4-6-14-12(17)10(3)13-7-5-11-15-8-18-16-11/h8-10,13H,4-7H2,1-3H3,(H,14,17). The van der Waals surface area contributed by atoms with E-state index in [0.29, 0.717) is 24.7 Å². The van der Waals surface area contributed by atoms with E-state index in [-0.39, 0.29) is 11.9 Å². The van der Waals surface area contributed by atoms with Gasteiger partial charge in [-0.1, -0.05) is 19.0 Å². The molecule has 2 N–H and O–H groups in total. The lowest BCUT2D eigenvalue weighted by molar-refractivity contribution is -0.122. The Morgan fingerprint density at radius 1 is 1.39 bits per heavy atom. The minimum Gasteiger partial charge on any atom is -0.355 e. The summed E-state index contributed by atoms with van der Waals surface area (Å²) >= 11 is 0. The third-order valence-electron chi connectivity index (χ3n) is 2.62. The lowest BCUT2D eigenvalue weighted by Gasteiger charge is -2.14. The van der Waals surface area contributed by atoms with Crippen molar-refractivity contribution < 1.29 is 9.32 Å². The van der Waals surface area contributed by atoms with Crippen LogP contribution >= 0.6 is 0 Å². The largest absolute Gasteiger partial charge is 0.355 e. The van der Waals surface area contributed by atoms with E-state index >= 15 is 0 Å². The molecule has 18 heavy (non-hydrogen) atoms. The molecule has 0 aliphatic rings. The molecule has 6 nitrogen and oxygen atoms in total. The van der Waals surface area contributed by atoms with E-state index < -0.39 is 0 Å². The molecule has 1 rings (SSSR count). The van der Waals surface area contributed by atoms with Gasteiger partial charge >= 0.3 is 0 Å². The number of nitrogens with zero attached hydrogens (tertiary/aromatic N) is 2. The fraction of sp³-hybridized carbons (Fsp3) is 0.750. The molecule has 1 aromatic rings. The van der Waals surface area contributed by atoms with Gasteiger partial charge in [0.05, 0.1) is 6.04 Å². The highest BCUT2D eigenvalue weighted by Crippen LogP contribution is 1.96. The zero-order chi connectivity index (χ0) is 13.4. The third-order valence-corrected chi connectivity index (χ3v) is 2.62. The van der Waals surface area contributed by atoms with Crippen molar-refractivity contribution in [2.45, 2.75) is 39.7 Å². The molecule has 1 amide bonds. The number of carbonyl (C=O) groups excluding carboxylic acids is 1. The van der Waals surface area contributed by atoms with Crippen LogP contribution in [0.5, 0.6) is 0 Å². The van der Waals surface area contributed by atoms with E-state index in [0.717, 1.165) is 13.0 Å². The first kappa shape index (κ1) is 14.6. The van der Waals surface area contributed by atoms with Crippen LogP contribution in [0.2, 0.25) is 0 Å². The van der Waals surface area contributed by atoms with Crippen LogP contribution in [0.25, 0.3) is 0 Å². The number of hydrogen-bond acceptors (Lipinski definition) is 5. The fourth-order valence-corrected chi connectivity index (χ4v) is 1.43. The minimum absolute atomic E-state index is 0.0313. The van der Waals surface area contributed by atoms with E-state index in [1.54, 1.807) is 0 Å². The second-order valence-corrected chi connectivity index (χ2v) is 4.75. The Morgan fingerprint density at radius 2 is 2.17 bits per heavy atom. The van der Waals surface area contributed by atoms with Crippen molar-refractivity contribution in [2.75, 3.05) is 13.1 Å². The molecule has 102 valence electrons. The molecule has 6 heteroatoms. The normalized spacial score (nSPS) is 12.7. The van der Waals surface area contributed by atoms with E-state index in [2.05, 4.69) is 39.1 Å². The van der Waals surface area contributed by atoms with E-state index in [4.69, 9.17) is 0 Å². The fourth-order valence-electron chi connectivity index (χ4n) is 1.43. The average molecular weight is 254 g/mol. The molecule has 0 aromatic carbocycles. The van der Waals surface area contributed by atoms with Crippen molar-refractivity contribution in [3.8, 4) is 0 Å². The molecule has 0 radical (unpaired) electrons. The van der Waals surface area contributed by atoms with Gasteiger partial charge in [0.15, 0.2) is 5.82 Å². The van der Waals surface area contributed by atoms with Crippen molar-refractivity contribution in [1.29, 1.82) is 0 Å². The molecule has 0 aliphatic carbocycles. The second-order valence-electron chi connectivity index (χ2n) is 4.75. The summed E-state index contributed by atoms with van der Waals surface area (Å²) in [7, 11) is 0. The number of nitrogens with one attached hydrogen (secondary N) is 2. The second kappa shape index (κ2) is 7.81. The van der Waals surface area contributed by atoms with Gasteiger partial charge in [-0.3, -0.25) is 4.79 Å². The zero-order valence-corrected chi connectivity index (χ0v) is 11.3. The van der Waals surface area contributed by atoms with Gasteiger partial charge in [0.1, 0.15) is 0 Å². The summed E-state index contributed by atoms with van der Waals surface area (Å²) in [6.45, 7) is 7.50. The summed E-state index contributed by atoms with van der Waals surface area (Å²) in [5.74, 6) is 1.28. The highest BCUT2D eigenvalue weighted by molar-refractivity contribution is 5.81. The van der Waals surface area contributed by atoms with Crippen LogP contribution in [0.1, 0.15) is 33.0 Å². The van der Waals surface area contributed by atoms with E-state index in [9.17, 15) is 4.79 Å². The van der Waals surface area contributed by atoms with E-state index in [1.165, 1.54) is 6.39 Å².